The molecule has 3 nitrogen and oxygen atoms in total. The van der Waals surface area contributed by atoms with Gasteiger partial charge in [-0.05, 0) is 25.8 Å². The largest absolute Gasteiger partial charge is 0.489 e. The second-order valence-corrected chi connectivity index (χ2v) is 3.25. The molecule has 1 rings (SSSR count). The van der Waals surface area contributed by atoms with E-state index in [9.17, 15) is 4.79 Å². The van der Waals surface area contributed by atoms with Gasteiger partial charge in [-0.3, -0.25) is 4.79 Å². The van der Waals surface area contributed by atoms with E-state index in [0.29, 0.717) is 6.54 Å². The minimum atomic E-state index is -0.315. The molecule has 1 N–H and O–H groups in total. The average molecular weight is 181 g/mol. The summed E-state index contributed by atoms with van der Waals surface area (Å²) < 4.78 is 5.15. The fourth-order valence-corrected chi connectivity index (χ4v) is 1.08. The van der Waals surface area contributed by atoms with Crippen LogP contribution in [0.3, 0.4) is 0 Å². The smallest absolute Gasteiger partial charge is 0.261 e. The number of carbonyl (C=O) groups is 1. The first-order chi connectivity index (χ1) is 6.20. The Bertz CT molecular complexity index is 233. The van der Waals surface area contributed by atoms with Crippen LogP contribution < -0.4 is 5.32 Å². The molecule has 0 saturated heterocycles. The van der Waals surface area contributed by atoms with Gasteiger partial charge in [0.2, 0.25) is 0 Å². The molecule has 0 aromatic heterocycles. The third-order valence-electron chi connectivity index (χ3n) is 1.79. The molecule has 72 valence electrons. The number of nitrogens with one attached hydrogen (secondary N) is 1. The first-order valence-corrected chi connectivity index (χ1v) is 4.42. The van der Waals surface area contributed by atoms with E-state index in [1.807, 2.05) is 13.0 Å². The highest BCUT2D eigenvalue weighted by Gasteiger charge is 2.19. The molecule has 0 bridgehead atoms. The van der Waals surface area contributed by atoms with E-state index < -0.39 is 0 Å². The van der Waals surface area contributed by atoms with Crippen molar-refractivity contribution < 1.29 is 9.53 Å². The molecule has 1 aliphatic heterocycles. The first kappa shape index (κ1) is 9.84. The molecule has 0 aromatic rings. The molecule has 0 aromatic carbocycles. The second kappa shape index (κ2) is 4.70. The van der Waals surface area contributed by atoms with Gasteiger partial charge < -0.3 is 10.1 Å². The molecule has 0 spiro atoms. The van der Waals surface area contributed by atoms with Gasteiger partial charge >= 0.3 is 0 Å². The van der Waals surface area contributed by atoms with Gasteiger partial charge in [0, 0.05) is 6.54 Å². The zero-order valence-electron chi connectivity index (χ0n) is 7.88. The molecule has 13 heavy (non-hydrogen) atoms. The maximum atomic E-state index is 11.4. The summed E-state index contributed by atoms with van der Waals surface area (Å²) in [6.45, 7) is 6.11. The Kier molecular flexibility index (Phi) is 3.55. The Balaban J connectivity index is 2.30. The number of carbonyl (C=O) groups excluding carboxylic acids is 1. The van der Waals surface area contributed by atoms with Crippen LogP contribution in [0.1, 0.15) is 19.8 Å². The van der Waals surface area contributed by atoms with Crippen molar-refractivity contribution >= 4 is 5.91 Å². The zero-order chi connectivity index (χ0) is 9.68. The van der Waals surface area contributed by atoms with Gasteiger partial charge in [0.1, 0.15) is 0 Å². The van der Waals surface area contributed by atoms with Gasteiger partial charge in [-0.25, -0.2) is 0 Å². The molecule has 1 heterocycles. The Morgan fingerprint density at radius 1 is 1.77 bits per heavy atom. The van der Waals surface area contributed by atoms with Crippen LogP contribution in [0.15, 0.2) is 24.5 Å². The summed E-state index contributed by atoms with van der Waals surface area (Å²) in [7, 11) is 0. The number of amides is 1. The summed E-state index contributed by atoms with van der Waals surface area (Å²) >= 11 is 0. The van der Waals surface area contributed by atoms with E-state index in [2.05, 4.69) is 11.9 Å². The summed E-state index contributed by atoms with van der Waals surface area (Å²) in [4.78, 5) is 11.4. The van der Waals surface area contributed by atoms with Crippen LogP contribution in [0, 0.1) is 0 Å². The van der Waals surface area contributed by atoms with E-state index >= 15 is 0 Å². The Morgan fingerprint density at radius 2 is 2.54 bits per heavy atom. The highest BCUT2D eigenvalue weighted by atomic mass is 16.5. The molecule has 1 unspecified atom stereocenters. The summed E-state index contributed by atoms with van der Waals surface area (Å²) in [6, 6.07) is 0. The van der Waals surface area contributed by atoms with Gasteiger partial charge in [-0.2, -0.15) is 0 Å². The minimum absolute atomic E-state index is 0.0487. The van der Waals surface area contributed by atoms with E-state index in [0.717, 1.165) is 18.4 Å². The predicted octanol–water partition coefficient (Wildman–Crippen LogP) is 1.37. The van der Waals surface area contributed by atoms with Crippen LogP contribution in [-0.4, -0.2) is 18.6 Å². The van der Waals surface area contributed by atoms with E-state index in [1.54, 1.807) is 6.26 Å². The van der Waals surface area contributed by atoms with Gasteiger partial charge in [-0.15, -0.1) is 0 Å². The van der Waals surface area contributed by atoms with E-state index in [4.69, 9.17) is 4.74 Å². The van der Waals surface area contributed by atoms with Crippen molar-refractivity contribution in [2.75, 3.05) is 6.54 Å². The third kappa shape index (κ3) is 3.32. The molecule has 0 radical (unpaired) electrons. The second-order valence-electron chi connectivity index (χ2n) is 3.25. The van der Waals surface area contributed by atoms with Crippen LogP contribution in [0.4, 0.5) is 0 Å². The summed E-state index contributed by atoms with van der Waals surface area (Å²) in [5.41, 5.74) is 0.944. The van der Waals surface area contributed by atoms with Crippen molar-refractivity contribution in [1.29, 1.82) is 0 Å². The van der Waals surface area contributed by atoms with Crippen molar-refractivity contribution in [3.63, 3.8) is 0 Å². The molecule has 0 fully saturated rings. The maximum absolute atomic E-state index is 11.4. The summed E-state index contributed by atoms with van der Waals surface area (Å²) in [5.74, 6) is -0.0487. The number of ether oxygens (including phenoxy) is 1. The summed E-state index contributed by atoms with van der Waals surface area (Å²) in [6.07, 6.45) is 4.87. The lowest BCUT2D eigenvalue weighted by atomic mass is 10.1. The average Bonchev–Trinajstić information content (AvgIpc) is 2.15. The van der Waals surface area contributed by atoms with Crippen LogP contribution in [0.25, 0.3) is 0 Å². The number of hydrogen-bond donors (Lipinski definition) is 1. The molecular weight excluding hydrogens is 166 g/mol. The lowest BCUT2D eigenvalue weighted by molar-refractivity contribution is -0.130. The topological polar surface area (TPSA) is 38.3 Å². The van der Waals surface area contributed by atoms with Crippen LogP contribution >= 0.6 is 0 Å². The number of hydrogen-bond acceptors (Lipinski definition) is 2. The van der Waals surface area contributed by atoms with E-state index in [-0.39, 0.29) is 12.0 Å². The fraction of sp³-hybridized carbons (Fsp3) is 0.500. The lowest BCUT2D eigenvalue weighted by Gasteiger charge is -2.18. The monoisotopic (exact) mass is 181 g/mol. The highest BCUT2D eigenvalue weighted by molar-refractivity contribution is 5.81. The molecular formula is C10H15NO2. The lowest BCUT2D eigenvalue weighted by Crippen LogP contribution is -2.37. The normalized spacial score (nSPS) is 20.5. The fourth-order valence-electron chi connectivity index (χ4n) is 1.08. The molecule has 1 aliphatic rings. The molecule has 1 amide bonds. The van der Waals surface area contributed by atoms with Gasteiger partial charge in [0.05, 0.1) is 6.26 Å². The first-order valence-electron chi connectivity index (χ1n) is 4.42. The summed E-state index contributed by atoms with van der Waals surface area (Å²) in [5, 5.41) is 2.75. The quantitative estimate of drug-likeness (QED) is 0.668. The van der Waals surface area contributed by atoms with Crippen molar-refractivity contribution in [2.45, 2.75) is 25.9 Å². The number of allylic oxidation sites excluding steroid dienone is 1. The zero-order valence-corrected chi connectivity index (χ0v) is 7.88. The van der Waals surface area contributed by atoms with E-state index in [1.165, 1.54) is 0 Å². The van der Waals surface area contributed by atoms with Gasteiger partial charge in [0.15, 0.2) is 6.10 Å². The molecule has 0 aliphatic carbocycles. The van der Waals surface area contributed by atoms with Crippen LogP contribution in [-0.2, 0) is 9.53 Å². The predicted molar refractivity (Wildman–Crippen MR) is 51.1 cm³/mol. The number of rotatable bonds is 3. The van der Waals surface area contributed by atoms with Crippen molar-refractivity contribution in [1.82, 2.24) is 5.32 Å². The highest BCUT2D eigenvalue weighted by Crippen LogP contribution is 2.09. The van der Waals surface area contributed by atoms with Gasteiger partial charge in [-0.1, -0.05) is 12.2 Å². The van der Waals surface area contributed by atoms with Crippen molar-refractivity contribution in [2.24, 2.45) is 0 Å². The Morgan fingerprint density at radius 3 is 3.08 bits per heavy atom. The molecule has 1 atom stereocenters. The van der Waals surface area contributed by atoms with Gasteiger partial charge in [0.25, 0.3) is 5.91 Å². The Labute approximate surface area is 78.5 Å². The molecule has 3 heteroatoms. The SMILES string of the molecule is C=C(C)CNC(=O)C1CCC=CO1. The minimum Gasteiger partial charge on any atom is -0.489 e. The Hall–Kier alpha value is -1.25. The van der Waals surface area contributed by atoms with Crippen molar-refractivity contribution in [3.8, 4) is 0 Å². The maximum Gasteiger partial charge on any atom is 0.261 e. The van der Waals surface area contributed by atoms with Crippen molar-refractivity contribution in [3.05, 3.63) is 24.5 Å². The van der Waals surface area contributed by atoms with Crippen LogP contribution in [0.5, 0.6) is 0 Å². The third-order valence-corrected chi connectivity index (χ3v) is 1.79. The molecule has 0 saturated carbocycles. The van der Waals surface area contributed by atoms with Crippen LogP contribution in [0.2, 0.25) is 0 Å². The standard InChI is InChI=1S/C10H15NO2/c1-8(2)7-11-10(12)9-5-3-4-6-13-9/h4,6,9H,1,3,5,7H2,2H3,(H,11,12).